The molecule has 0 aliphatic carbocycles. The molecule has 0 N–H and O–H groups in total. The van der Waals surface area contributed by atoms with Crippen LogP contribution in [0.15, 0.2) is 40.9 Å². The number of aromatic nitrogens is 2. The second-order valence-electron chi connectivity index (χ2n) is 10.6. The molecule has 1 aliphatic heterocycles. The number of carbonyl (C=O) groups is 1. The second-order valence-corrected chi connectivity index (χ2v) is 10.6. The standard InChI is InChI=1S/C28H27F9N4O3/c1-5-19-12-21(24-20(41(19)25(42)43-14(2)3)6-7-22(38-24)28(35,36)37)40(23-8-15(4)39-44-23)13-16-9-17(26(29,30)31)11-18(10-16)27(32,33)34/h6-11,14,19,21H,5,12-13H2,1-4H3. The number of hydrogen-bond donors (Lipinski definition) is 0. The van der Waals surface area contributed by atoms with Crippen molar-refractivity contribution in [2.75, 3.05) is 9.80 Å². The first-order valence-electron chi connectivity index (χ1n) is 13.4. The van der Waals surface area contributed by atoms with E-state index in [1.807, 2.05) is 0 Å². The smallest absolute Gasteiger partial charge is 0.433 e. The van der Waals surface area contributed by atoms with Gasteiger partial charge in [-0.25, -0.2) is 9.78 Å². The molecular formula is C28H27F9N4O3. The molecule has 16 heteroatoms. The zero-order valence-electron chi connectivity index (χ0n) is 23.7. The third-order valence-corrected chi connectivity index (χ3v) is 6.91. The van der Waals surface area contributed by atoms with E-state index in [9.17, 15) is 44.3 Å². The van der Waals surface area contributed by atoms with Crippen molar-refractivity contribution in [3.8, 4) is 0 Å². The molecule has 0 saturated heterocycles. The lowest BCUT2D eigenvalue weighted by atomic mass is 9.91. The SMILES string of the molecule is CCC1CC(N(Cc2cc(C(F)(F)F)cc(C(F)(F)F)c2)c2cc(C)no2)c2nc(C(F)(F)F)ccc2N1C(=O)OC(C)C. The number of benzene rings is 1. The fourth-order valence-corrected chi connectivity index (χ4v) is 5.01. The number of alkyl halides is 9. The molecular weight excluding hydrogens is 611 g/mol. The van der Waals surface area contributed by atoms with Gasteiger partial charge in [0.25, 0.3) is 0 Å². The maximum Gasteiger partial charge on any atom is 0.433 e. The van der Waals surface area contributed by atoms with Gasteiger partial charge < -0.3 is 14.2 Å². The Balaban J connectivity index is 1.93. The minimum atomic E-state index is -5.13. The third-order valence-electron chi connectivity index (χ3n) is 6.91. The Hall–Kier alpha value is -3.98. The van der Waals surface area contributed by atoms with Crippen molar-refractivity contribution in [1.82, 2.24) is 10.1 Å². The Morgan fingerprint density at radius 1 is 1.00 bits per heavy atom. The van der Waals surface area contributed by atoms with Gasteiger partial charge in [0.2, 0.25) is 5.88 Å². The van der Waals surface area contributed by atoms with E-state index in [4.69, 9.17) is 9.26 Å². The number of hydrogen-bond acceptors (Lipinski definition) is 6. The largest absolute Gasteiger partial charge is 0.446 e. The molecule has 1 amide bonds. The van der Waals surface area contributed by atoms with E-state index in [0.717, 1.165) is 11.0 Å². The first-order chi connectivity index (χ1) is 20.3. The van der Waals surface area contributed by atoms with Crippen LogP contribution in [0.25, 0.3) is 0 Å². The average molecular weight is 639 g/mol. The van der Waals surface area contributed by atoms with E-state index in [1.54, 1.807) is 20.8 Å². The molecule has 1 aromatic carbocycles. The van der Waals surface area contributed by atoms with Crippen molar-refractivity contribution < 1.29 is 53.6 Å². The number of aryl methyl sites for hydroxylation is 1. The summed E-state index contributed by atoms with van der Waals surface area (Å²) < 4.78 is 134. The number of halogens is 9. The minimum absolute atomic E-state index is 0.0230. The van der Waals surface area contributed by atoms with Gasteiger partial charge in [-0.2, -0.15) is 39.5 Å². The van der Waals surface area contributed by atoms with Crippen LogP contribution in [0.3, 0.4) is 0 Å². The molecule has 0 fully saturated rings. The average Bonchev–Trinajstić information content (AvgIpc) is 3.34. The van der Waals surface area contributed by atoms with Gasteiger partial charge in [0.15, 0.2) is 0 Å². The molecule has 7 nitrogen and oxygen atoms in total. The normalized spacial score (nSPS) is 17.5. The summed E-state index contributed by atoms with van der Waals surface area (Å²) in [5, 5.41) is 3.75. The van der Waals surface area contributed by atoms with Crippen molar-refractivity contribution in [2.45, 2.75) is 83.8 Å². The van der Waals surface area contributed by atoms with E-state index in [2.05, 4.69) is 10.1 Å². The first-order valence-corrected chi connectivity index (χ1v) is 13.4. The quantitative estimate of drug-likeness (QED) is 0.252. The number of anilines is 2. The van der Waals surface area contributed by atoms with Gasteiger partial charge in [0.1, 0.15) is 5.69 Å². The van der Waals surface area contributed by atoms with E-state index in [-0.39, 0.29) is 41.9 Å². The van der Waals surface area contributed by atoms with Crippen molar-refractivity contribution in [3.05, 3.63) is 70.2 Å². The van der Waals surface area contributed by atoms with Gasteiger partial charge in [-0.05, 0) is 69.5 Å². The van der Waals surface area contributed by atoms with Crippen LogP contribution in [-0.4, -0.2) is 28.4 Å². The van der Waals surface area contributed by atoms with Gasteiger partial charge in [-0.1, -0.05) is 12.1 Å². The van der Waals surface area contributed by atoms with Gasteiger partial charge in [-0.15, -0.1) is 0 Å². The molecule has 240 valence electrons. The fourth-order valence-electron chi connectivity index (χ4n) is 5.01. The lowest BCUT2D eigenvalue weighted by Gasteiger charge is -2.43. The monoisotopic (exact) mass is 638 g/mol. The van der Waals surface area contributed by atoms with Crippen LogP contribution >= 0.6 is 0 Å². The topological polar surface area (TPSA) is 71.7 Å². The molecule has 3 heterocycles. The zero-order chi connectivity index (χ0) is 32.8. The number of ether oxygens (including phenoxy) is 1. The van der Waals surface area contributed by atoms with Gasteiger partial charge in [0, 0.05) is 18.7 Å². The van der Waals surface area contributed by atoms with E-state index in [1.165, 1.54) is 17.9 Å². The highest BCUT2D eigenvalue weighted by atomic mass is 19.4. The lowest BCUT2D eigenvalue weighted by Crippen LogP contribution is -2.48. The Labute approximate surface area is 245 Å². The zero-order valence-corrected chi connectivity index (χ0v) is 23.7. The summed E-state index contributed by atoms with van der Waals surface area (Å²) in [4.78, 5) is 19.3. The molecule has 1 aliphatic rings. The maximum absolute atomic E-state index is 13.8. The van der Waals surface area contributed by atoms with Crippen LogP contribution in [0.1, 0.15) is 73.4 Å². The van der Waals surface area contributed by atoms with Crippen molar-refractivity contribution >= 4 is 17.7 Å². The summed E-state index contributed by atoms with van der Waals surface area (Å²) in [5.74, 6) is -0.142. The minimum Gasteiger partial charge on any atom is -0.446 e. The Morgan fingerprint density at radius 3 is 2.09 bits per heavy atom. The molecule has 2 atom stereocenters. The second kappa shape index (κ2) is 11.8. The first kappa shape index (κ1) is 32.9. The van der Waals surface area contributed by atoms with Crippen LogP contribution in [-0.2, 0) is 29.8 Å². The number of nitrogens with zero attached hydrogens (tertiary/aromatic N) is 4. The van der Waals surface area contributed by atoms with Gasteiger partial charge in [0.05, 0.1) is 40.3 Å². The molecule has 2 unspecified atom stereocenters. The Bertz CT molecular complexity index is 1470. The highest BCUT2D eigenvalue weighted by Crippen LogP contribution is 2.45. The third kappa shape index (κ3) is 7.04. The van der Waals surface area contributed by atoms with Gasteiger partial charge >= 0.3 is 24.6 Å². The predicted molar refractivity (Wildman–Crippen MR) is 139 cm³/mol. The number of fused-ring (bicyclic) bond motifs is 1. The maximum atomic E-state index is 13.8. The van der Waals surface area contributed by atoms with Crippen LogP contribution in [0, 0.1) is 6.92 Å². The Kier molecular flexibility index (Phi) is 8.86. The molecule has 44 heavy (non-hydrogen) atoms. The summed E-state index contributed by atoms with van der Waals surface area (Å²) >= 11 is 0. The van der Waals surface area contributed by atoms with E-state index >= 15 is 0 Å². The van der Waals surface area contributed by atoms with Crippen LogP contribution in [0.4, 0.5) is 55.9 Å². The molecule has 0 bridgehead atoms. The van der Waals surface area contributed by atoms with Crippen LogP contribution in [0.5, 0.6) is 0 Å². The lowest BCUT2D eigenvalue weighted by molar-refractivity contribution is -0.143. The molecule has 3 aromatic rings. The van der Waals surface area contributed by atoms with Crippen molar-refractivity contribution in [2.24, 2.45) is 0 Å². The number of amides is 1. The predicted octanol–water partition coefficient (Wildman–Crippen LogP) is 8.72. The van der Waals surface area contributed by atoms with E-state index < -0.39 is 71.7 Å². The molecule has 2 aromatic heterocycles. The summed E-state index contributed by atoms with van der Waals surface area (Å²) in [6.07, 6.45) is -16.5. The van der Waals surface area contributed by atoms with Crippen LogP contribution in [0.2, 0.25) is 0 Å². The fraction of sp³-hybridized carbons (Fsp3) is 0.464. The summed E-state index contributed by atoms with van der Waals surface area (Å²) in [5.41, 5.74) is -4.98. The van der Waals surface area contributed by atoms with E-state index in [0.29, 0.717) is 18.2 Å². The summed E-state index contributed by atoms with van der Waals surface area (Å²) in [7, 11) is 0. The molecule has 0 spiro atoms. The summed E-state index contributed by atoms with van der Waals surface area (Å²) in [6, 6.07) is 2.16. The number of pyridine rings is 1. The van der Waals surface area contributed by atoms with Crippen molar-refractivity contribution in [3.63, 3.8) is 0 Å². The highest BCUT2D eigenvalue weighted by molar-refractivity contribution is 5.90. The van der Waals surface area contributed by atoms with Crippen molar-refractivity contribution in [1.29, 1.82) is 0 Å². The number of rotatable bonds is 6. The number of carbonyl (C=O) groups excluding carboxylic acids is 1. The Morgan fingerprint density at radius 2 is 1.61 bits per heavy atom. The summed E-state index contributed by atoms with van der Waals surface area (Å²) in [6.45, 7) is 5.69. The molecule has 0 saturated carbocycles. The van der Waals surface area contributed by atoms with Crippen LogP contribution < -0.4 is 9.80 Å². The molecule has 0 radical (unpaired) electrons. The van der Waals surface area contributed by atoms with Gasteiger partial charge in [-0.3, -0.25) is 4.90 Å². The molecule has 4 rings (SSSR count). The highest BCUT2D eigenvalue weighted by Gasteiger charge is 2.44.